The second-order valence-electron chi connectivity index (χ2n) is 4.17. The van der Waals surface area contributed by atoms with E-state index >= 15 is 0 Å². The predicted octanol–water partition coefficient (Wildman–Crippen LogP) is 4.38. The Morgan fingerprint density at radius 2 is 1.73 bits per heavy atom. The molecule has 1 aromatic carbocycles. The van der Waals surface area contributed by atoms with Gasteiger partial charge in [-0.1, -0.05) is 38.1 Å². The van der Waals surface area contributed by atoms with Crippen molar-refractivity contribution < 1.29 is 4.42 Å². The molecule has 2 rings (SSSR count). The van der Waals surface area contributed by atoms with Crippen molar-refractivity contribution in [1.82, 2.24) is 0 Å². The van der Waals surface area contributed by atoms with Gasteiger partial charge in [-0.15, -0.1) is 0 Å². The highest BCUT2D eigenvalue weighted by Crippen LogP contribution is 2.27. The molecule has 0 radical (unpaired) electrons. The number of hydrogen-bond acceptors (Lipinski definition) is 1. The van der Waals surface area contributed by atoms with Gasteiger partial charge in [0.05, 0.1) is 0 Å². The molecular weight excluding hydrogens is 184 g/mol. The van der Waals surface area contributed by atoms with E-state index in [1.54, 1.807) is 0 Å². The molecule has 78 valence electrons. The normalized spacial score (nSPS) is 10.9. The van der Waals surface area contributed by atoms with Gasteiger partial charge in [-0.2, -0.15) is 0 Å². The first kappa shape index (κ1) is 10.0. The van der Waals surface area contributed by atoms with Crippen LogP contribution in [-0.2, 0) is 0 Å². The average Bonchev–Trinajstić information content (AvgIpc) is 2.67. The van der Waals surface area contributed by atoms with Crippen molar-refractivity contribution in [3.8, 4) is 11.3 Å². The van der Waals surface area contributed by atoms with E-state index in [0.29, 0.717) is 5.92 Å². The third-order valence-corrected chi connectivity index (χ3v) is 2.61. The van der Waals surface area contributed by atoms with Crippen LogP contribution in [0.1, 0.15) is 31.1 Å². The summed E-state index contributed by atoms with van der Waals surface area (Å²) in [5.74, 6) is 2.47. The van der Waals surface area contributed by atoms with Gasteiger partial charge in [0.1, 0.15) is 11.5 Å². The van der Waals surface area contributed by atoms with Crippen LogP contribution in [0.3, 0.4) is 0 Å². The molecule has 2 aromatic rings. The summed E-state index contributed by atoms with van der Waals surface area (Å²) < 4.78 is 5.81. The molecule has 0 aliphatic rings. The summed E-state index contributed by atoms with van der Waals surface area (Å²) in [5.41, 5.74) is 2.44. The molecule has 0 saturated heterocycles. The summed E-state index contributed by atoms with van der Waals surface area (Å²) in [6.45, 7) is 6.38. The standard InChI is InChI=1S/C14H16O/c1-10(2)13-8-9-14(15-13)12-7-5-4-6-11(12)3/h4-10H,1-3H3. The minimum absolute atomic E-state index is 0.447. The number of furan rings is 1. The topological polar surface area (TPSA) is 13.1 Å². The third kappa shape index (κ3) is 1.96. The van der Waals surface area contributed by atoms with E-state index in [2.05, 4.69) is 45.0 Å². The van der Waals surface area contributed by atoms with Crippen LogP contribution >= 0.6 is 0 Å². The summed E-state index contributed by atoms with van der Waals surface area (Å²) in [6.07, 6.45) is 0. The summed E-state index contributed by atoms with van der Waals surface area (Å²) in [5, 5.41) is 0. The Morgan fingerprint density at radius 3 is 2.33 bits per heavy atom. The van der Waals surface area contributed by atoms with Crippen LogP contribution in [0, 0.1) is 6.92 Å². The Bertz CT molecular complexity index is 452. The zero-order valence-corrected chi connectivity index (χ0v) is 9.45. The summed E-state index contributed by atoms with van der Waals surface area (Å²) in [6, 6.07) is 12.4. The van der Waals surface area contributed by atoms with Crippen LogP contribution < -0.4 is 0 Å². The molecule has 1 heteroatoms. The molecule has 0 unspecified atom stereocenters. The van der Waals surface area contributed by atoms with Gasteiger partial charge in [0, 0.05) is 11.5 Å². The van der Waals surface area contributed by atoms with E-state index < -0.39 is 0 Å². The number of rotatable bonds is 2. The van der Waals surface area contributed by atoms with Crippen LogP contribution in [-0.4, -0.2) is 0 Å². The largest absolute Gasteiger partial charge is 0.461 e. The zero-order valence-electron chi connectivity index (χ0n) is 9.45. The number of benzene rings is 1. The van der Waals surface area contributed by atoms with Crippen LogP contribution in [0.5, 0.6) is 0 Å². The third-order valence-electron chi connectivity index (χ3n) is 2.61. The highest BCUT2D eigenvalue weighted by Gasteiger charge is 2.08. The van der Waals surface area contributed by atoms with E-state index in [9.17, 15) is 0 Å². The molecule has 0 bridgehead atoms. The first-order valence-electron chi connectivity index (χ1n) is 5.34. The number of hydrogen-bond donors (Lipinski definition) is 0. The Morgan fingerprint density at radius 1 is 1.00 bits per heavy atom. The fourth-order valence-corrected chi connectivity index (χ4v) is 1.66. The lowest BCUT2D eigenvalue weighted by molar-refractivity contribution is 0.498. The van der Waals surface area contributed by atoms with Crippen LogP contribution in [0.4, 0.5) is 0 Å². The maximum absolute atomic E-state index is 5.81. The van der Waals surface area contributed by atoms with Gasteiger partial charge in [0.25, 0.3) is 0 Å². The van der Waals surface area contributed by atoms with Gasteiger partial charge in [0.15, 0.2) is 0 Å². The van der Waals surface area contributed by atoms with Crippen molar-refractivity contribution in [3.63, 3.8) is 0 Å². The molecule has 0 N–H and O–H groups in total. The second kappa shape index (κ2) is 3.93. The van der Waals surface area contributed by atoms with Gasteiger partial charge in [-0.05, 0) is 24.6 Å². The van der Waals surface area contributed by atoms with Crippen molar-refractivity contribution in [2.75, 3.05) is 0 Å². The monoisotopic (exact) mass is 200 g/mol. The molecule has 1 nitrogen and oxygen atoms in total. The van der Waals surface area contributed by atoms with E-state index in [-0.39, 0.29) is 0 Å². The van der Waals surface area contributed by atoms with Gasteiger partial charge in [-0.25, -0.2) is 0 Å². The molecule has 0 saturated carbocycles. The van der Waals surface area contributed by atoms with Crippen molar-refractivity contribution >= 4 is 0 Å². The minimum Gasteiger partial charge on any atom is -0.461 e. The second-order valence-corrected chi connectivity index (χ2v) is 4.17. The smallest absolute Gasteiger partial charge is 0.134 e. The summed E-state index contributed by atoms with van der Waals surface area (Å²) in [7, 11) is 0. The van der Waals surface area contributed by atoms with Crippen molar-refractivity contribution in [3.05, 3.63) is 47.7 Å². The van der Waals surface area contributed by atoms with Crippen LogP contribution in [0.25, 0.3) is 11.3 Å². The highest BCUT2D eigenvalue weighted by molar-refractivity contribution is 5.61. The Hall–Kier alpha value is -1.50. The minimum atomic E-state index is 0.447. The number of aryl methyl sites for hydroxylation is 1. The van der Waals surface area contributed by atoms with E-state index in [0.717, 1.165) is 11.5 Å². The Balaban J connectivity index is 2.42. The molecule has 0 atom stereocenters. The van der Waals surface area contributed by atoms with Gasteiger partial charge >= 0.3 is 0 Å². The zero-order chi connectivity index (χ0) is 10.8. The fraction of sp³-hybridized carbons (Fsp3) is 0.286. The molecule has 15 heavy (non-hydrogen) atoms. The molecule has 0 aliphatic carbocycles. The predicted molar refractivity (Wildman–Crippen MR) is 63.0 cm³/mol. The van der Waals surface area contributed by atoms with Crippen LogP contribution in [0.15, 0.2) is 40.8 Å². The van der Waals surface area contributed by atoms with Gasteiger partial charge in [-0.3, -0.25) is 0 Å². The van der Waals surface area contributed by atoms with E-state index in [1.807, 2.05) is 12.1 Å². The molecule has 0 aliphatic heterocycles. The van der Waals surface area contributed by atoms with Crippen molar-refractivity contribution in [2.24, 2.45) is 0 Å². The maximum atomic E-state index is 5.81. The lowest BCUT2D eigenvalue weighted by Crippen LogP contribution is -1.82. The Kier molecular flexibility index (Phi) is 2.63. The summed E-state index contributed by atoms with van der Waals surface area (Å²) >= 11 is 0. The molecule has 0 amide bonds. The molecular formula is C14H16O. The first-order valence-corrected chi connectivity index (χ1v) is 5.34. The lowest BCUT2D eigenvalue weighted by atomic mass is 10.1. The van der Waals surface area contributed by atoms with Gasteiger partial charge < -0.3 is 4.42 Å². The van der Waals surface area contributed by atoms with Crippen molar-refractivity contribution in [2.45, 2.75) is 26.7 Å². The molecule has 0 spiro atoms. The SMILES string of the molecule is Cc1ccccc1-c1ccc(C(C)C)o1. The molecule has 1 aromatic heterocycles. The fourth-order valence-electron chi connectivity index (χ4n) is 1.66. The highest BCUT2D eigenvalue weighted by atomic mass is 16.3. The first-order chi connectivity index (χ1) is 7.18. The molecule has 1 heterocycles. The lowest BCUT2D eigenvalue weighted by Gasteiger charge is -2.02. The van der Waals surface area contributed by atoms with Gasteiger partial charge in [0.2, 0.25) is 0 Å². The quantitative estimate of drug-likeness (QED) is 0.701. The van der Waals surface area contributed by atoms with Crippen LogP contribution in [0.2, 0.25) is 0 Å². The maximum Gasteiger partial charge on any atom is 0.134 e. The Labute approximate surface area is 90.7 Å². The average molecular weight is 200 g/mol. The van der Waals surface area contributed by atoms with E-state index in [1.165, 1.54) is 11.1 Å². The summed E-state index contributed by atoms with van der Waals surface area (Å²) in [4.78, 5) is 0. The van der Waals surface area contributed by atoms with E-state index in [4.69, 9.17) is 4.42 Å². The molecule has 0 fully saturated rings. The van der Waals surface area contributed by atoms with Crippen molar-refractivity contribution in [1.29, 1.82) is 0 Å².